The Kier molecular flexibility index (Phi) is 7.36. The number of esters is 1. The number of non-ortho nitro benzene ring substituents is 1. The third-order valence-electron chi connectivity index (χ3n) is 3.56. The Morgan fingerprint density at radius 1 is 1.15 bits per heavy atom. The van der Waals surface area contributed by atoms with Gasteiger partial charge in [0.2, 0.25) is 5.91 Å². The van der Waals surface area contributed by atoms with E-state index in [0.29, 0.717) is 17.9 Å². The topological polar surface area (TPSA) is 98.5 Å². The number of rotatable bonds is 8. The summed E-state index contributed by atoms with van der Waals surface area (Å²) in [7, 11) is 0. The molecule has 1 atom stereocenters. The molecule has 0 radical (unpaired) electrons. The van der Waals surface area contributed by atoms with Gasteiger partial charge < -0.3 is 10.1 Å². The Hall–Kier alpha value is -2.87. The molecular weight excluding hydrogens is 368 g/mol. The molecule has 2 aromatic carbocycles. The van der Waals surface area contributed by atoms with E-state index in [0.717, 1.165) is 11.3 Å². The molecule has 0 fully saturated rings. The maximum Gasteiger partial charge on any atom is 0.338 e. The number of nitrogens with zero attached hydrogens (tertiary/aromatic N) is 1. The molecular formula is C19H20N2O5S. The minimum Gasteiger partial charge on any atom is -0.462 e. The summed E-state index contributed by atoms with van der Waals surface area (Å²) < 4.78 is 5.05. The Morgan fingerprint density at radius 2 is 1.78 bits per heavy atom. The average Bonchev–Trinajstić information content (AvgIpc) is 2.67. The highest BCUT2D eigenvalue weighted by molar-refractivity contribution is 8.00. The standard InChI is InChI=1S/C19H20N2O5S/c1-3-12-26-19(23)14-4-6-15(7-5-14)20-18(22)13(2)27-17-10-8-16(9-11-17)21(24)25/h4-11,13H,3,12H2,1-2H3,(H,20,22). The van der Waals surface area contributed by atoms with Gasteiger partial charge in [0, 0.05) is 22.7 Å². The van der Waals surface area contributed by atoms with Gasteiger partial charge in [0.1, 0.15) is 0 Å². The largest absolute Gasteiger partial charge is 0.462 e. The molecule has 0 aliphatic rings. The predicted octanol–water partition coefficient (Wildman–Crippen LogP) is 4.28. The number of benzene rings is 2. The number of thioether (sulfide) groups is 1. The normalized spacial score (nSPS) is 11.5. The first kappa shape index (κ1) is 20.4. The van der Waals surface area contributed by atoms with Crippen molar-refractivity contribution in [1.29, 1.82) is 0 Å². The van der Waals surface area contributed by atoms with E-state index in [1.807, 2.05) is 6.92 Å². The van der Waals surface area contributed by atoms with E-state index >= 15 is 0 Å². The molecule has 0 bridgehead atoms. The Morgan fingerprint density at radius 3 is 2.33 bits per heavy atom. The van der Waals surface area contributed by atoms with Crippen LogP contribution in [-0.2, 0) is 9.53 Å². The lowest BCUT2D eigenvalue weighted by molar-refractivity contribution is -0.384. The van der Waals surface area contributed by atoms with Crippen LogP contribution in [0.3, 0.4) is 0 Å². The highest BCUT2D eigenvalue weighted by Gasteiger charge is 2.16. The maximum absolute atomic E-state index is 12.3. The molecule has 0 aliphatic heterocycles. The van der Waals surface area contributed by atoms with Gasteiger partial charge in [-0.3, -0.25) is 14.9 Å². The van der Waals surface area contributed by atoms with E-state index < -0.39 is 16.1 Å². The number of ether oxygens (including phenoxy) is 1. The van der Waals surface area contributed by atoms with Crippen LogP contribution in [0.1, 0.15) is 30.6 Å². The van der Waals surface area contributed by atoms with E-state index in [-0.39, 0.29) is 11.6 Å². The second kappa shape index (κ2) is 9.72. The van der Waals surface area contributed by atoms with Crippen LogP contribution in [0.5, 0.6) is 0 Å². The molecule has 1 N–H and O–H groups in total. The van der Waals surface area contributed by atoms with Crippen molar-refractivity contribution in [2.45, 2.75) is 30.4 Å². The van der Waals surface area contributed by atoms with Crippen molar-refractivity contribution in [3.8, 4) is 0 Å². The second-order valence-corrected chi connectivity index (χ2v) is 7.13. The summed E-state index contributed by atoms with van der Waals surface area (Å²) in [5.74, 6) is -0.600. The number of nitro benzene ring substituents is 1. The van der Waals surface area contributed by atoms with Crippen molar-refractivity contribution in [2.24, 2.45) is 0 Å². The van der Waals surface area contributed by atoms with Crippen molar-refractivity contribution in [3.05, 3.63) is 64.2 Å². The van der Waals surface area contributed by atoms with Crippen molar-refractivity contribution in [3.63, 3.8) is 0 Å². The minimum atomic E-state index is -0.466. The molecule has 0 heterocycles. The Bertz CT molecular complexity index is 806. The number of carbonyl (C=O) groups excluding carboxylic acids is 2. The van der Waals surface area contributed by atoms with Crippen molar-refractivity contribution < 1.29 is 19.2 Å². The highest BCUT2D eigenvalue weighted by Crippen LogP contribution is 2.26. The zero-order valence-corrected chi connectivity index (χ0v) is 15.8. The number of carbonyl (C=O) groups is 2. The molecule has 0 saturated heterocycles. The molecule has 0 aliphatic carbocycles. The first-order valence-corrected chi connectivity index (χ1v) is 9.28. The van der Waals surface area contributed by atoms with Crippen LogP contribution >= 0.6 is 11.8 Å². The SMILES string of the molecule is CCCOC(=O)c1ccc(NC(=O)C(C)Sc2ccc([N+](=O)[O-])cc2)cc1. The van der Waals surface area contributed by atoms with Gasteiger partial charge >= 0.3 is 5.97 Å². The van der Waals surface area contributed by atoms with Crippen LogP contribution in [0.2, 0.25) is 0 Å². The van der Waals surface area contributed by atoms with Crippen molar-refractivity contribution in [2.75, 3.05) is 11.9 Å². The lowest BCUT2D eigenvalue weighted by Crippen LogP contribution is -2.22. The summed E-state index contributed by atoms with van der Waals surface area (Å²) in [6.45, 7) is 4.04. The summed E-state index contributed by atoms with van der Waals surface area (Å²) in [6.07, 6.45) is 0.754. The zero-order chi connectivity index (χ0) is 19.8. The van der Waals surface area contributed by atoms with E-state index in [1.54, 1.807) is 43.3 Å². The lowest BCUT2D eigenvalue weighted by atomic mass is 10.2. The van der Waals surface area contributed by atoms with Gasteiger partial charge in [-0.15, -0.1) is 11.8 Å². The van der Waals surface area contributed by atoms with Gasteiger partial charge in [0.05, 0.1) is 22.3 Å². The first-order valence-electron chi connectivity index (χ1n) is 8.40. The fourth-order valence-electron chi connectivity index (χ4n) is 2.12. The quantitative estimate of drug-likeness (QED) is 0.314. The smallest absolute Gasteiger partial charge is 0.338 e. The number of hydrogen-bond acceptors (Lipinski definition) is 6. The Labute approximate surface area is 161 Å². The molecule has 27 heavy (non-hydrogen) atoms. The van der Waals surface area contributed by atoms with E-state index in [2.05, 4.69) is 5.32 Å². The summed E-state index contributed by atoms with van der Waals surface area (Å²) in [5.41, 5.74) is 1.01. The van der Waals surface area contributed by atoms with Crippen LogP contribution in [0.15, 0.2) is 53.4 Å². The van der Waals surface area contributed by atoms with Crippen LogP contribution in [0.4, 0.5) is 11.4 Å². The van der Waals surface area contributed by atoms with Gasteiger partial charge in [-0.25, -0.2) is 4.79 Å². The van der Waals surface area contributed by atoms with Crippen LogP contribution < -0.4 is 5.32 Å². The van der Waals surface area contributed by atoms with Crippen LogP contribution in [0.25, 0.3) is 0 Å². The number of nitro groups is 1. The van der Waals surface area contributed by atoms with Gasteiger partial charge in [0.25, 0.3) is 5.69 Å². The van der Waals surface area contributed by atoms with Crippen LogP contribution in [-0.4, -0.2) is 28.7 Å². The van der Waals surface area contributed by atoms with Gasteiger partial charge in [-0.05, 0) is 49.7 Å². The summed E-state index contributed by atoms with van der Waals surface area (Å²) in [4.78, 5) is 35.0. The molecule has 7 nitrogen and oxygen atoms in total. The number of anilines is 1. The third-order valence-corrected chi connectivity index (χ3v) is 4.67. The van der Waals surface area contributed by atoms with Crippen LogP contribution in [0, 0.1) is 10.1 Å². The van der Waals surface area contributed by atoms with E-state index in [1.165, 1.54) is 23.9 Å². The Balaban J connectivity index is 1.91. The van der Waals surface area contributed by atoms with Crippen molar-refractivity contribution in [1.82, 2.24) is 0 Å². The molecule has 0 spiro atoms. The lowest BCUT2D eigenvalue weighted by Gasteiger charge is -2.12. The van der Waals surface area contributed by atoms with E-state index in [4.69, 9.17) is 4.74 Å². The molecule has 8 heteroatoms. The molecule has 2 rings (SSSR count). The average molecular weight is 388 g/mol. The van der Waals surface area contributed by atoms with Gasteiger partial charge in [-0.1, -0.05) is 6.92 Å². The molecule has 1 unspecified atom stereocenters. The molecule has 0 saturated carbocycles. The van der Waals surface area contributed by atoms with Crippen molar-refractivity contribution >= 4 is 35.0 Å². The number of nitrogens with one attached hydrogen (secondary N) is 1. The third kappa shape index (κ3) is 6.10. The number of amides is 1. The summed E-state index contributed by atoms with van der Waals surface area (Å²) >= 11 is 1.30. The second-order valence-electron chi connectivity index (χ2n) is 5.71. The molecule has 1 amide bonds. The summed E-state index contributed by atoms with van der Waals surface area (Å²) in [6, 6.07) is 12.5. The first-order chi connectivity index (χ1) is 12.9. The van der Waals surface area contributed by atoms with Gasteiger partial charge in [-0.2, -0.15) is 0 Å². The zero-order valence-electron chi connectivity index (χ0n) is 15.0. The molecule has 0 aromatic heterocycles. The van der Waals surface area contributed by atoms with E-state index in [9.17, 15) is 19.7 Å². The summed E-state index contributed by atoms with van der Waals surface area (Å²) in [5, 5.41) is 13.0. The maximum atomic E-state index is 12.3. The molecule has 2 aromatic rings. The fraction of sp³-hybridized carbons (Fsp3) is 0.263. The predicted molar refractivity (Wildman–Crippen MR) is 104 cm³/mol. The number of hydrogen-bond donors (Lipinski definition) is 1. The van der Waals surface area contributed by atoms with Gasteiger partial charge in [0.15, 0.2) is 0 Å². The minimum absolute atomic E-state index is 0.00834. The highest BCUT2D eigenvalue weighted by atomic mass is 32.2. The fourth-order valence-corrected chi connectivity index (χ4v) is 2.98. The molecule has 142 valence electrons. The monoisotopic (exact) mass is 388 g/mol.